The van der Waals surface area contributed by atoms with Crippen molar-refractivity contribution < 1.29 is 9.53 Å². The van der Waals surface area contributed by atoms with Gasteiger partial charge in [-0.1, -0.05) is 35.2 Å². The molecule has 1 N–H and O–H groups in total. The normalized spacial score (nSPS) is 15.9. The number of esters is 1. The number of hydrogen-bond donors (Lipinski definition) is 1. The van der Waals surface area contributed by atoms with Crippen LogP contribution in [-0.4, -0.2) is 19.6 Å². The molecule has 1 saturated carbocycles. The summed E-state index contributed by atoms with van der Waals surface area (Å²) in [5, 5.41) is 3.51. The monoisotopic (exact) mass is 339 g/mol. The number of carbonyl (C=O) groups excluding carboxylic acids is 1. The fraction of sp³-hybridized carbons (Fsp3) is 0.562. The maximum Gasteiger partial charge on any atom is 0.338 e. The van der Waals surface area contributed by atoms with Gasteiger partial charge in [-0.05, 0) is 43.4 Å². The highest BCUT2D eigenvalue weighted by atomic mass is 79.9. The molecule has 2 rings (SSSR count). The van der Waals surface area contributed by atoms with Crippen molar-refractivity contribution in [2.75, 3.05) is 19.0 Å². The van der Waals surface area contributed by atoms with Crippen molar-refractivity contribution in [2.24, 2.45) is 5.92 Å². The van der Waals surface area contributed by atoms with Crippen molar-refractivity contribution in [3.63, 3.8) is 0 Å². The molecule has 1 fully saturated rings. The summed E-state index contributed by atoms with van der Waals surface area (Å²) in [7, 11) is 1.41. The molecular weight excluding hydrogens is 318 g/mol. The largest absolute Gasteiger partial charge is 0.465 e. The van der Waals surface area contributed by atoms with Crippen molar-refractivity contribution in [3.8, 4) is 0 Å². The number of anilines is 1. The molecule has 110 valence electrons. The number of carbonyl (C=O) groups is 1. The first-order valence-corrected chi connectivity index (χ1v) is 8.03. The highest BCUT2D eigenvalue weighted by molar-refractivity contribution is 9.10. The fourth-order valence-corrected chi connectivity index (χ4v) is 3.29. The number of nitrogens with one attached hydrogen (secondary N) is 1. The van der Waals surface area contributed by atoms with Gasteiger partial charge in [0, 0.05) is 16.7 Å². The van der Waals surface area contributed by atoms with Crippen LogP contribution < -0.4 is 5.32 Å². The fourth-order valence-electron chi connectivity index (χ4n) is 2.83. The molecule has 0 heterocycles. The van der Waals surface area contributed by atoms with Gasteiger partial charge in [0.25, 0.3) is 0 Å². The minimum Gasteiger partial charge on any atom is -0.465 e. The first-order valence-electron chi connectivity index (χ1n) is 7.24. The molecule has 0 radical (unpaired) electrons. The molecule has 0 amide bonds. The van der Waals surface area contributed by atoms with E-state index in [2.05, 4.69) is 21.2 Å². The number of methoxy groups -OCH3 is 1. The highest BCUT2D eigenvalue weighted by Gasteiger charge is 2.16. The van der Waals surface area contributed by atoms with Crippen LogP contribution >= 0.6 is 15.9 Å². The Balaban J connectivity index is 2.10. The zero-order valence-corrected chi connectivity index (χ0v) is 13.8. The zero-order valence-electron chi connectivity index (χ0n) is 12.2. The summed E-state index contributed by atoms with van der Waals surface area (Å²) in [6.45, 7) is 2.94. The van der Waals surface area contributed by atoms with Gasteiger partial charge in [-0.2, -0.15) is 0 Å². The second-order valence-electron chi connectivity index (χ2n) is 5.50. The standard InChI is InChI=1S/C16H22BrNO2/c1-11-14(16(19)20-2)8-13(17)9-15(11)18-10-12-6-4-3-5-7-12/h8-9,12,18H,3-7,10H2,1-2H3. The third kappa shape index (κ3) is 3.75. The van der Waals surface area contributed by atoms with Gasteiger partial charge in [0.1, 0.15) is 0 Å². The average molecular weight is 340 g/mol. The Morgan fingerprint density at radius 1 is 1.35 bits per heavy atom. The molecule has 0 spiro atoms. The predicted octanol–water partition coefficient (Wildman–Crippen LogP) is 4.54. The molecule has 1 aliphatic rings. The lowest BCUT2D eigenvalue weighted by atomic mass is 9.89. The molecule has 1 aliphatic carbocycles. The quantitative estimate of drug-likeness (QED) is 0.818. The average Bonchev–Trinajstić information content (AvgIpc) is 2.48. The summed E-state index contributed by atoms with van der Waals surface area (Å²) in [5.41, 5.74) is 2.59. The molecule has 0 aromatic heterocycles. The maximum absolute atomic E-state index is 11.8. The van der Waals surface area contributed by atoms with E-state index in [-0.39, 0.29) is 5.97 Å². The van der Waals surface area contributed by atoms with E-state index in [1.807, 2.05) is 19.1 Å². The number of halogens is 1. The molecule has 1 aromatic rings. The van der Waals surface area contributed by atoms with Crippen LogP contribution in [0.4, 0.5) is 5.69 Å². The summed E-state index contributed by atoms with van der Waals surface area (Å²) in [6.07, 6.45) is 6.68. The molecule has 0 saturated heterocycles. The van der Waals surface area contributed by atoms with Crippen LogP contribution in [0.5, 0.6) is 0 Å². The van der Waals surface area contributed by atoms with Crippen LogP contribution in [0.25, 0.3) is 0 Å². The Morgan fingerprint density at radius 2 is 2.05 bits per heavy atom. The van der Waals surface area contributed by atoms with E-state index >= 15 is 0 Å². The van der Waals surface area contributed by atoms with Gasteiger partial charge in [-0.3, -0.25) is 0 Å². The van der Waals surface area contributed by atoms with E-state index in [1.165, 1.54) is 39.2 Å². The lowest BCUT2D eigenvalue weighted by Crippen LogP contribution is -2.18. The highest BCUT2D eigenvalue weighted by Crippen LogP contribution is 2.28. The molecule has 0 atom stereocenters. The Morgan fingerprint density at radius 3 is 2.70 bits per heavy atom. The second kappa shape index (κ2) is 7.11. The first kappa shape index (κ1) is 15.4. The Kier molecular flexibility index (Phi) is 5.46. The summed E-state index contributed by atoms with van der Waals surface area (Å²) in [4.78, 5) is 11.8. The van der Waals surface area contributed by atoms with Gasteiger partial charge in [0.05, 0.1) is 12.7 Å². The summed E-state index contributed by atoms with van der Waals surface area (Å²) in [5.74, 6) is 0.466. The minimum absolute atomic E-state index is 0.287. The summed E-state index contributed by atoms with van der Waals surface area (Å²) in [6, 6.07) is 3.84. The minimum atomic E-state index is -0.287. The molecule has 20 heavy (non-hydrogen) atoms. The van der Waals surface area contributed by atoms with Crippen LogP contribution in [0.2, 0.25) is 0 Å². The van der Waals surface area contributed by atoms with Gasteiger partial charge < -0.3 is 10.1 Å². The van der Waals surface area contributed by atoms with Crippen LogP contribution in [0.15, 0.2) is 16.6 Å². The van der Waals surface area contributed by atoms with Crippen LogP contribution in [0.1, 0.15) is 48.0 Å². The topological polar surface area (TPSA) is 38.3 Å². The smallest absolute Gasteiger partial charge is 0.338 e. The number of hydrogen-bond acceptors (Lipinski definition) is 3. The van der Waals surface area contributed by atoms with E-state index in [0.29, 0.717) is 5.56 Å². The van der Waals surface area contributed by atoms with Gasteiger partial charge in [0.15, 0.2) is 0 Å². The molecule has 0 bridgehead atoms. The zero-order chi connectivity index (χ0) is 14.5. The van der Waals surface area contributed by atoms with Crippen molar-refractivity contribution in [1.82, 2.24) is 0 Å². The SMILES string of the molecule is COC(=O)c1cc(Br)cc(NCC2CCCCC2)c1C. The molecular formula is C16H22BrNO2. The van der Waals surface area contributed by atoms with Crippen LogP contribution in [0.3, 0.4) is 0 Å². The third-order valence-corrected chi connectivity index (χ3v) is 4.54. The summed E-state index contributed by atoms with van der Waals surface area (Å²) >= 11 is 3.46. The maximum atomic E-state index is 11.8. The van der Waals surface area contributed by atoms with E-state index in [9.17, 15) is 4.79 Å². The van der Waals surface area contributed by atoms with E-state index < -0.39 is 0 Å². The van der Waals surface area contributed by atoms with E-state index in [4.69, 9.17) is 4.74 Å². The molecule has 4 heteroatoms. The number of benzene rings is 1. The van der Waals surface area contributed by atoms with Crippen LogP contribution in [0, 0.1) is 12.8 Å². The Labute approximate surface area is 129 Å². The lowest BCUT2D eigenvalue weighted by Gasteiger charge is -2.23. The first-order chi connectivity index (χ1) is 9.61. The Hall–Kier alpha value is -1.03. The molecule has 3 nitrogen and oxygen atoms in total. The summed E-state index contributed by atoms with van der Waals surface area (Å²) < 4.78 is 5.73. The lowest BCUT2D eigenvalue weighted by molar-refractivity contribution is 0.0600. The van der Waals surface area contributed by atoms with E-state index in [0.717, 1.165) is 28.2 Å². The second-order valence-corrected chi connectivity index (χ2v) is 6.42. The van der Waals surface area contributed by atoms with Crippen molar-refractivity contribution in [2.45, 2.75) is 39.0 Å². The number of ether oxygens (including phenoxy) is 1. The molecule has 0 unspecified atom stereocenters. The van der Waals surface area contributed by atoms with Gasteiger partial charge in [-0.15, -0.1) is 0 Å². The third-order valence-electron chi connectivity index (χ3n) is 4.08. The van der Waals surface area contributed by atoms with Gasteiger partial charge >= 0.3 is 5.97 Å². The van der Waals surface area contributed by atoms with Gasteiger partial charge in [0.2, 0.25) is 0 Å². The van der Waals surface area contributed by atoms with Crippen LogP contribution in [-0.2, 0) is 4.74 Å². The van der Waals surface area contributed by atoms with Crippen molar-refractivity contribution in [1.29, 1.82) is 0 Å². The number of rotatable bonds is 4. The van der Waals surface area contributed by atoms with Crippen molar-refractivity contribution in [3.05, 3.63) is 27.7 Å². The van der Waals surface area contributed by atoms with E-state index in [1.54, 1.807) is 0 Å². The molecule has 1 aromatic carbocycles. The Bertz CT molecular complexity index is 482. The van der Waals surface area contributed by atoms with Gasteiger partial charge in [-0.25, -0.2) is 4.79 Å². The predicted molar refractivity (Wildman–Crippen MR) is 85.3 cm³/mol. The van der Waals surface area contributed by atoms with Crippen molar-refractivity contribution >= 4 is 27.6 Å². The molecule has 0 aliphatic heterocycles.